The van der Waals surface area contributed by atoms with Crippen LogP contribution in [0.5, 0.6) is 11.5 Å². The minimum absolute atomic E-state index is 0.238. The van der Waals surface area contributed by atoms with E-state index in [1.165, 1.54) is 7.11 Å². The molecule has 0 aliphatic heterocycles. The molecule has 24 heavy (non-hydrogen) atoms. The van der Waals surface area contributed by atoms with Crippen molar-refractivity contribution in [1.82, 2.24) is 4.98 Å². The van der Waals surface area contributed by atoms with Crippen molar-refractivity contribution in [3.8, 4) is 11.5 Å². The van der Waals surface area contributed by atoms with E-state index in [2.05, 4.69) is 15.2 Å². The lowest BCUT2D eigenvalue weighted by Gasteiger charge is -2.07. The number of amides is 1. The molecule has 1 amide bonds. The van der Waals surface area contributed by atoms with Crippen LogP contribution in [0, 0.1) is 0 Å². The van der Waals surface area contributed by atoms with Crippen molar-refractivity contribution in [3.05, 3.63) is 48.5 Å². The molecule has 0 fully saturated rings. The lowest BCUT2D eigenvalue weighted by Crippen LogP contribution is -2.08. The van der Waals surface area contributed by atoms with E-state index in [-0.39, 0.29) is 6.61 Å². The summed E-state index contributed by atoms with van der Waals surface area (Å²) in [7, 11) is 1.53. The van der Waals surface area contributed by atoms with Crippen molar-refractivity contribution in [1.29, 1.82) is 0 Å². The van der Waals surface area contributed by atoms with Gasteiger partial charge >= 0.3 is 5.91 Å². The van der Waals surface area contributed by atoms with Crippen LogP contribution in [0.3, 0.4) is 0 Å². The molecule has 7 nitrogen and oxygen atoms in total. The zero-order chi connectivity index (χ0) is 16.9. The van der Waals surface area contributed by atoms with Crippen molar-refractivity contribution in [2.45, 2.75) is 0 Å². The number of rotatable bonds is 5. The van der Waals surface area contributed by atoms with Crippen LogP contribution in [-0.2, 0) is 4.79 Å². The Bertz CT molecular complexity index is 902. The average Bonchev–Trinajstić information content (AvgIpc) is 2.95. The molecule has 0 atom stereocenters. The quantitative estimate of drug-likeness (QED) is 0.702. The molecule has 3 N–H and O–H groups in total. The van der Waals surface area contributed by atoms with Crippen LogP contribution in [0.2, 0.25) is 0 Å². The average molecular weight is 324 g/mol. The molecule has 3 aromatic rings. The summed E-state index contributed by atoms with van der Waals surface area (Å²) in [4.78, 5) is 14.8. The molecule has 1 aromatic heterocycles. The van der Waals surface area contributed by atoms with Crippen LogP contribution in [0.4, 0.5) is 11.6 Å². The monoisotopic (exact) mass is 324 g/mol. The Labute approximate surface area is 138 Å². The minimum atomic E-state index is -0.516. The Morgan fingerprint density at radius 1 is 1.08 bits per heavy atom. The summed E-state index contributed by atoms with van der Waals surface area (Å²) in [6.07, 6.45) is 0. The summed E-state index contributed by atoms with van der Waals surface area (Å²) in [5.41, 5.74) is 5.87. The van der Waals surface area contributed by atoms with E-state index in [4.69, 9.17) is 15.2 Å². The molecule has 2 aromatic carbocycles. The Kier molecular flexibility index (Phi) is 4.42. The number of aromatic amines is 1. The van der Waals surface area contributed by atoms with Gasteiger partial charge in [0.25, 0.3) is 0 Å². The largest absolute Gasteiger partial charge is 0.493 e. The summed E-state index contributed by atoms with van der Waals surface area (Å²) >= 11 is 0. The summed E-state index contributed by atoms with van der Waals surface area (Å²) < 4.78 is 10.6. The molecule has 0 saturated heterocycles. The van der Waals surface area contributed by atoms with E-state index in [0.717, 1.165) is 10.8 Å². The molecule has 0 aliphatic carbocycles. The number of methoxy groups -OCH3 is 1. The third-order valence-electron chi connectivity index (χ3n) is 3.41. The fourth-order valence-electron chi connectivity index (χ4n) is 2.28. The van der Waals surface area contributed by atoms with Gasteiger partial charge in [-0.15, -0.1) is 10.2 Å². The Morgan fingerprint density at radius 3 is 2.50 bits per heavy atom. The number of azo groups is 1. The maximum atomic E-state index is 11.9. The zero-order valence-corrected chi connectivity index (χ0v) is 13.0. The number of aromatic nitrogens is 1. The van der Waals surface area contributed by atoms with Gasteiger partial charge in [0.05, 0.1) is 7.11 Å². The highest BCUT2D eigenvalue weighted by molar-refractivity contribution is 5.99. The number of H-pyrrole nitrogens is 1. The first kappa shape index (κ1) is 15.5. The number of nitrogens with one attached hydrogen (secondary N) is 1. The molecule has 0 bridgehead atoms. The summed E-state index contributed by atoms with van der Waals surface area (Å²) in [5.74, 6) is 1.42. The predicted octanol–water partition coefficient (Wildman–Crippen LogP) is 3.45. The molecular formula is C17H16N4O3. The van der Waals surface area contributed by atoms with Gasteiger partial charge in [-0.1, -0.05) is 36.4 Å². The summed E-state index contributed by atoms with van der Waals surface area (Å²) in [5, 5.41) is 9.24. The number of nitrogens with two attached hydrogens (primary N) is 1. The molecule has 122 valence electrons. The van der Waals surface area contributed by atoms with Crippen LogP contribution in [0.15, 0.2) is 58.8 Å². The number of fused-ring (bicyclic) bond motifs is 1. The van der Waals surface area contributed by atoms with E-state index in [1.54, 1.807) is 18.2 Å². The van der Waals surface area contributed by atoms with Gasteiger partial charge in [0.2, 0.25) is 0 Å². The first-order valence-electron chi connectivity index (χ1n) is 7.25. The first-order chi connectivity index (χ1) is 11.7. The van der Waals surface area contributed by atoms with Crippen LogP contribution in [-0.4, -0.2) is 24.6 Å². The van der Waals surface area contributed by atoms with E-state index >= 15 is 0 Å². The molecule has 0 unspecified atom stereocenters. The number of anilines is 1. The van der Waals surface area contributed by atoms with E-state index < -0.39 is 5.91 Å². The molecule has 0 spiro atoms. The normalized spacial score (nSPS) is 11.0. The van der Waals surface area contributed by atoms with Crippen molar-refractivity contribution in [3.63, 3.8) is 0 Å². The standard InChI is InChI=1S/C17H16N4O3/c1-23-13-8-4-5-9-14(13)24-10-15(22)20-21-17-12-7-3-2-6-11(12)16(18)19-17/h2-9,19H,10,18H2,1H3. The Hall–Kier alpha value is -3.35. The second kappa shape index (κ2) is 6.82. The fourth-order valence-corrected chi connectivity index (χ4v) is 2.28. The number of nitrogens with zero attached hydrogens (tertiary/aromatic N) is 2. The third-order valence-corrected chi connectivity index (χ3v) is 3.41. The van der Waals surface area contributed by atoms with Gasteiger partial charge in [0.1, 0.15) is 5.82 Å². The topological polar surface area (TPSA) is 102 Å². The van der Waals surface area contributed by atoms with E-state index in [1.807, 2.05) is 30.3 Å². The fraction of sp³-hybridized carbons (Fsp3) is 0.118. The first-order valence-corrected chi connectivity index (χ1v) is 7.25. The van der Waals surface area contributed by atoms with Crippen molar-refractivity contribution >= 4 is 28.3 Å². The second-order valence-corrected chi connectivity index (χ2v) is 4.97. The number of para-hydroxylation sites is 2. The number of benzene rings is 2. The highest BCUT2D eigenvalue weighted by Gasteiger charge is 2.09. The minimum Gasteiger partial charge on any atom is -0.493 e. The van der Waals surface area contributed by atoms with Gasteiger partial charge in [-0.3, -0.25) is 4.79 Å². The number of carbonyl (C=O) groups is 1. The van der Waals surface area contributed by atoms with Crippen molar-refractivity contribution in [2.75, 3.05) is 19.5 Å². The van der Waals surface area contributed by atoms with Gasteiger partial charge in [-0.25, -0.2) is 0 Å². The molecule has 0 saturated carbocycles. The van der Waals surface area contributed by atoms with Gasteiger partial charge < -0.3 is 20.2 Å². The number of hydrogen-bond acceptors (Lipinski definition) is 5. The highest BCUT2D eigenvalue weighted by atomic mass is 16.5. The number of carbonyl (C=O) groups excluding carboxylic acids is 1. The Balaban J connectivity index is 1.69. The Morgan fingerprint density at radius 2 is 1.75 bits per heavy atom. The zero-order valence-electron chi connectivity index (χ0n) is 13.0. The van der Waals surface area contributed by atoms with Gasteiger partial charge in [0, 0.05) is 10.8 Å². The van der Waals surface area contributed by atoms with Crippen LogP contribution in [0.25, 0.3) is 10.8 Å². The molecule has 0 radical (unpaired) electrons. The second-order valence-electron chi connectivity index (χ2n) is 4.97. The number of ether oxygens (including phenoxy) is 2. The van der Waals surface area contributed by atoms with Crippen molar-refractivity contribution < 1.29 is 14.3 Å². The lowest BCUT2D eigenvalue weighted by molar-refractivity contribution is -0.120. The molecule has 0 aliphatic rings. The molecule has 3 rings (SSSR count). The van der Waals surface area contributed by atoms with Crippen LogP contribution >= 0.6 is 0 Å². The van der Waals surface area contributed by atoms with Crippen LogP contribution in [0.1, 0.15) is 0 Å². The molecular weight excluding hydrogens is 308 g/mol. The van der Waals surface area contributed by atoms with Gasteiger partial charge in [0.15, 0.2) is 23.9 Å². The predicted molar refractivity (Wildman–Crippen MR) is 90.7 cm³/mol. The number of hydrogen-bond donors (Lipinski definition) is 2. The summed E-state index contributed by atoms with van der Waals surface area (Å²) in [6.45, 7) is -0.238. The maximum absolute atomic E-state index is 11.9. The summed E-state index contributed by atoms with van der Waals surface area (Å²) in [6, 6.07) is 14.5. The number of nitrogen functional groups attached to an aromatic ring is 1. The highest BCUT2D eigenvalue weighted by Crippen LogP contribution is 2.30. The van der Waals surface area contributed by atoms with Crippen molar-refractivity contribution in [2.24, 2.45) is 10.2 Å². The SMILES string of the molecule is COc1ccccc1OCC(=O)N=Nc1[nH]c(N)c2ccccc12. The van der Waals surface area contributed by atoms with E-state index in [0.29, 0.717) is 23.1 Å². The lowest BCUT2D eigenvalue weighted by atomic mass is 10.2. The maximum Gasteiger partial charge on any atom is 0.302 e. The molecule has 7 heteroatoms. The van der Waals surface area contributed by atoms with Crippen LogP contribution < -0.4 is 15.2 Å². The molecule has 1 heterocycles. The van der Waals surface area contributed by atoms with Gasteiger partial charge in [-0.05, 0) is 12.1 Å². The van der Waals surface area contributed by atoms with Gasteiger partial charge in [-0.2, -0.15) is 0 Å². The van der Waals surface area contributed by atoms with E-state index in [9.17, 15) is 4.79 Å². The smallest absolute Gasteiger partial charge is 0.302 e. The third kappa shape index (κ3) is 3.19.